The van der Waals surface area contributed by atoms with Crippen molar-refractivity contribution < 1.29 is 47.8 Å². The summed E-state index contributed by atoms with van der Waals surface area (Å²) in [5.41, 5.74) is 6.29. The van der Waals surface area contributed by atoms with Gasteiger partial charge in [-0.2, -0.15) is 0 Å². The van der Waals surface area contributed by atoms with E-state index in [4.69, 9.17) is 19.9 Å². The lowest BCUT2D eigenvalue weighted by molar-refractivity contribution is -0.159. The molecule has 15 nitrogen and oxygen atoms in total. The minimum absolute atomic E-state index is 0.0239. The molecule has 4 atom stereocenters. The van der Waals surface area contributed by atoms with Crippen LogP contribution in [0.4, 0.5) is 0 Å². The van der Waals surface area contributed by atoms with Crippen molar-refractivity contribution in [2.75, 3.05) is 19.8 Å². The first-order valence-electron chi connectivity index (χ1n) is 23.7. The van der Waals surface area contributed by atoms with E-state index in [0.717, 1.165) is 22.9 Å². The highest BCUT2D eigenvalue weighted by molar-refractivity contribution is 6.01. The molecule has 0 unspecified atom stereocenters. The minimum Gasteiger partial charge on any atom is -0.465 e. The number of aromatic nitrogens is 1. The lowest BCUT2D eigenvalue weighted by Crippen LogP contribution is -2.64. The van der Waals surface area contributed by atoms with Crippen LogP contribution < -0.4 is 21.7 Å². The van der Waals surface area contributed by atoms with Gasteiger partial charge in [-0.3, -0.25) is 33.6 Å². The van der Waals surface area contributed by atoms with Crippen LogP contribution in [0.25, 0.3) is 10.9 Å². The fraction of sp³-hybridized carbons (Fsp3) is 0.558. The molecule has 5 rings (SSSR count). The molecule has 1 aliphatic carbocycles. The number of nitrogens with one attached hydrogen (secondary N) is 3. The lowest BCUT2D eigenvalue weighted by atomic mass is 9.78. The number of benzene rings is 2. The molecule has 15 heteroatoms. The van der Waals surface area contributed by atoms with Gasteiger partial charge < -0.3 is 40.5 Å². The molecular formula is C52H71N5O10. The first kappa shape index (κ1) is 52.0. The molecule has 1 spiro atoms. The second kappa shape index (κ2) is 23.1. The van der Waals surface area contributed by atoms with E-state index in [1.54, 1.807) is 45.0 Å². The second-order valence-electron chi connectivity index (χ2n) is 20.2. The van der Waals surface area contributed by atoms with Crippen LogP contribution in [0.3, 0.4) is 0 Å². The van der Waals surface area contributed by atoms with E-state index in [2.05, 4.69) is 26.6 Å². The van der Waals surface area contributed by atoms with Crippen molar-refractivity contribution >= 4 is 52.4 Å². The fourth-order valence-electron chi connectivity index (χ4n) is 8.73. The molecule has 1 saturated carbocycles. The van der Waals surface area contributed by atoms with E-state index >= 15 is 4.79 Å². The predicted molar refractivity (Wildman–Crippen MR) is 254 cm³/mol. The van der Waals surface area contributed by atoms with Gasteiger partial charge in [-0.05, 0) is 99.4 Å². The molecule has 4 amide bonds. The monoisotopic (exact) mass is 926 g/mol. The van der Waals surface area contributed by atoms with Gasteiger partial charge in [-0.1, -0.05) is 95.0 Å². The third kappa shape index (κ3) is 14.7. The molecule has 3 aromatic rings. The normalized spacial score (nSPS) is 21.2. The van der Waals surface area contributed by atoms with E-state index in [0.29, 0.717) is 36.9 Å². The number of hydrogen-bond donors (Lipinski definition) is 4. The van der Waals surface area contributed by atoms with Gasteiger partial charge in [0.15, 0.2) is 5.92 Å². The molecule has 0 saturated heterocycles. The Kier molecular flexibility index (Phi) is 18.0. The fourth-order valence-corrected chi connectivity index (χ4v) is 8.73. The van der Waals surface area contributed by atoms with Crippen molar-refractivity contribution in [3.63, 3.8) is 0 Å². The largest absolute Gasteiger partial charge is 0.465 e. The Bertz CT molecular complexity index is 2240. The number of carbonyl (C=O) groups excluding carboxylic acids is 7. The number of esters is 3. The Morgan fingerprint density at radius 2 is 1.49 bits per heavy atom. The molecule has 0 bridgehead atoms. The van der Waals surface area contributed by atoms with Crippen LogP contribution in [0.1, 0.15) is 128 Å². The molecule has 5 N–H and O–H groups in total. The third-order valence-corrected chi connectivity index (χ3v) is 12.1. The van der Waals surface area contributed by atoms with Gasteiger partial charge in [0.1, 0.15) is 17.2 Å². The summed E-state index contributed by atoms with van der Waals surface area (Å²) in [6.45, 7) is 15.6. The number of nitrogens with zero attached hydrogens (tertiary/aromatic N) is 1. The molecule has 0 radical (unpaired) electrons. The number of carbonyl (C=O) groups is 7. The lowest BCUT2D eigenvalue weighted by Gasteiger charge is -2.39. The molecule has 1 aliphatic heterocycles. The highest BCUT2D eigenvalue weighted by Crippen LogP contribution is 2.36. The zero-order valence-corrected chi connectivity index (χ0v) is 40.5. The van der Waals surface area contributed by atoms with Crippen molar-refractivity contribution in [1.82, 2.24) is 20.5 Å². The zero-order chi connectivity index (χ0) is 49.1. The molecule has 364 valence electrons. The standard InChI is InChI=1S/C52H71N5O10/c1-32(2)30-65-48(62)45(49(63)66-31-33(3)4)37-18-16-36(17-19-37)39-14-12-13-35(29-57-24-21-38-25-34(5)15-20-42(38)57)28-54-47(61)41(27-43(53)58)55-50(64)52(22-10-9-11-23-52)56-46(60)40(39)26-44(59)67-51(6,7)8/h12,14-21,24-25,32-33,35,39-41,45H,9-11,13,22-23,26-31H2,1-8H3,(H2,53,58)(H,54,61)(H,55,64)(H,56,60)/b14-12+/t35-,39-,40+,41+/m1/s1. The number of hydrogen-bond acceptors (Lipinski definition) is 10. The van der Waals surface area contributed by atoms with Gasteiger partial charge in [0, 0.05) is 30.7 Å². The van der Waals surface area contributed by atoms with Crippen LogP contribution in [0.5, 0.6) is 0 Å². The summed E-state index contributed by atoms with van der Waals surface area (Å²) in [6, 6.07) is 13.6. The van der Waals surface area contributed by atoms with Crippen LogP contribution >= 0.6 is 0 Å². The Balaban J connectivity index is 1.64. The Morgan fingerprint density at radius 3 is 2.09 bits per heavy atom. The van der Waals surface area contributed by atoms with Crippen LogP contribution in [0.15, 0.2) is 66.9 Å². The van der Waals surface area contributed by atoms with Crippen molar-refractivity contribution in [3.8, 4) is 0 Å². The van der Waals surface area contributed by atoms with E-state index in [9.17, 15) is 28.8 Å². The molecule has 67 heavy (non-hydrogen) atoms. The van der Waals surface area contributed by atoms with E-state index < -0.39 is 82.9 Å². The molecule has 2 heterocycles. The number of amides is 4. The summed E-state index contributed by atoms with van der Waals surface area (Å²) in [7, 11) is 0. The van der Waals surface area contributed by atoms with E-state index in [1.807, 2.05) is 71.2 Å². The van der Waals surface area contributed by atoms with Gasteiger partial charge in [-0.25, -0.2) is 0 Å². The summed E-state index contributed by atoms with van der Waals surface area (Å²) < 4.78 is 19.0. The number of fused-ring (bicyclic) bond motifs is 1. The topological polar surface area (TPSA) is 214 Å². The molecule has 1 aromatic heterocycles. The number of rotatable bonds is 14. The average Bonchev–Trinajstić information content (AvgIpc) is 3.65. The summed E-state index contributed by atoms with van der Waals surface area (Å²) in [5, 5.41) is 9.87. The van der Waals surface area contributed by atoms with Crippen LogP contribution in [-0.2, 0) is 54.3 Å². The van der Waals surface area contributed by atoms with E-state index in [1.165, 1.54) is 0 Å². The summed E-state index contributed by atoms with van der Waals surface area (Å²) in [4.78, 5) is 96.8. The molecule has 1 fully saturated rings. The molecule has 2 aromatic carbocycles. The van der Waals surface area contributed by atoms with Crippen molar-refractivity contribution in [2.45, 2.75) is 142 Å². The van der Waals surface area contributed by atoms with E-state index in [-0.39, 0.29) is 56.8 Å². The number of ether oxygens (including phenoxy) is 3. The number of nitrogens with two attached hydrogens (primary N) is 1. The summed E-state index contributed by atoms with van der Waals surface area (Å²) in [5.74, 6) is -8.22. The van der Waals surface area contributed by atoms with Gasteiger partial charge in [0.05, 0.1) is 32.0 Å². The van der Waals surface area contributed by atoms with Crippen molar-refractivity contribution in [2.24, 2.45) is 29.4 Å². The Labute approximate surface area is 394 Å². The maximum absolute atomic E-state index is 15.1. The number of allylic oxidation sites excluding steroid dienone is 2. The summed E-state index contributed by atoms with van der Waals surface area (Å²) in [6.07, 6.45) is 7.84. The predicted octanol–water partition coefficient (Wildman–Crippen LogP) is 6.44. The number of primary amides is 1. The van der Waals surface area contributed by atoms with Gasteiger partial charge >= 0.3 is 17.9 Å². The van der Waals surface area contributed by atoms with Crippen molar-refractivity contribution in [1.29, 1.82) is 0 Å². The summed E-state index contributed by atoms with van der Waals surface area (Å²) >= 11 is 0. The third-order valence-electron chi connectivity index (χ3n) is 12.1. The van der Waals surface area contributed by atoms with Gasteiger partial charge in [0.2, 0.25) is 23.6 Å². The highest BCUT2D eigenvalue weighted by Gasteiger charge is 2.45. The first-order valence-corrected chi connectivity index (χ1v) is 23.7. The second-order valence-corrected chi connectivity index (χ2v) is 20.2. The maximum atomic E-state index is 15.1. The van der Waals surface area contributed by atoms with Crippen LogP contribution in [0, 0.1) is 30.6 Å². The average molecular weight is 926 g/mol. The Morgan fingerprint density at radius 1 is 0.851 bits per heavy atom. The van der Waals surface area contributed by atoms with Gasteiger partial charge in [-0.15, -0.1) is 0 Å². The maximum Gasteiger partial charge on any atom is 0.324 e. The zero-order valence-electron chi connectivity index (χ0n) is 40.5. The number of aryl methyl sites for hydroxylation is 1. The highest BCUT2D eigenvalue weighted by atomic mass is 16.6. The van der Waals surface area contributed by atoms with Crippen LogP contribution in [0.2, 0.25) is 0 Å². The SMILES string of the molecule is Cc1ccc2c(ccn2C[C@@H]2C/C=C/[C@H](c3ccc(C(C(=O)OCC(C)C)C(=O)OCC(C)C)cc3)[C@H](CC(=O)OC(C)(C)C)C(=O)NC3(CCCCC3)C(=O)N[C@@H](CC(N)=O)C(=O)NC2)c1. The Hall–Kier alpha value is -5.99. The van der Waals surface area contributed by atoms with Crippen molar-refractivity contribution in [3.05, 3.63) is 83.6 Å². The smallest absolute Gasteiger partial charge is 0.324 e. The van der Waals surface area contributed by atoms with Gasteiger partial charge in [0.25, 0.3) is 0 Å². The van der Waals surface area contributed by atoms with Crippen LogP contribution in [-0.4, -0.2) is 83.0 Å². The first-order chi connectivity index (χ1) is 31.6. The minimum atomic E-state index is -1.48. The molecule has 2 aliphatic rings. The quantitative estimate of drug-likeness (QED) is 0.0602. The molecular weight excluding hydrogens is 855 g/mol.